The minimum absolute atomic E-state index is 0.0164. The first-order valence-corrected chi connectivity index (χ1v) is 18.8. The number of aryl methyl sites for hydroxylation is 1. The Kier molecular flexibility index (Phi) is 18.2. The molecule has 44 heavy (non-hydrogen) atoms. The number of rotatable bonds is 26. The average molecular weight is 600 g/mol. The lowest BCUT2D eigenvalue weighted by molar-refractivity contribution is -0.697. The second-order valence-corrected chi connectivity index (χ2v) is 13.9. The van der Waals surface area contributed by atoms with Crippen LogP contribution in [-0.2, 0) is 18.4 Å². The summed E-state index contributed by atoms with van der Waals surface area (Å²) in [5, 5.41) is 0. The van der Waals surface area contributed by atoms with Crippen LogP contribution < -0.4 is 4.57 Å². The maximum absolute atomic E-state index is 2.54. The van der Waals surface area contributed by atoms with Crippen molar-refractivity contribution < 1.29 is 4.57 Å². The first kappa shape index (κ1) is 36.1. The molecule has 2 atom stereocenters. The van der Waals surface area contributed by atoms with Crippen molar-refractivity contribution in [2.24, 2.45) is 0 Å². The van der Waals surface area contributed by atoms with Crippen LogP contribution in [0.25, 0.3) is 0 Å². The van der Waals surface area contributed by atoms with E-state index in [1.54, 1.807) is 0 Å². The summed E-state index contributed by atoms with van der Waals surface area (Å²) >= 11 is 0. The van der Waals surface area contributed by atoms with Gasteiger partial charge in [-0.15, -0.1) is 0 Å². The summed E-state index contributed by atoms with van der Waals surface area (Å²) in [6.07, 6.45) is 36.0. The highest BCUT2D eigenvalue weighted by molar-refractivity contribution is 5.30. The van der Waals surface area contributed by atoms with Gasteiger partial charge in [0.15, 0.2) is 0 Å². The van der Waals surface area contributed by atoms with Gasteiger partial charge in [-0.1, -0.05) is 184 Å². The molecule has 0 N–H and O–H groups in total. The average Bonchev–Trinajstić information content (AvgIpc) is 3.52. The van der Waals surface area contributed by atoms with E-state index in [1.165, 1.54) is 140 Å². The van der Waals surface area contributed by atoms with E-state index < -0.39 is 0 Å². The van der Waals surface area contributed by atoms with Crippen LogP contribution in [0.1, 0.15) is 166 Å². The summed E-state index contributed by atoms with van der Waals surface area (Å²) in [4.78, 5) is 0. The van der Waals surface area contributed by atoms with E-state index in [-0.39, 0.29) is 5.41 Å². The minimum Gasteiger partial charge on any atom is -0.237 e. The molecule has 0 aliphatic carbocycles. The van der Waals surface area contributed by atoms with E-state index in [0.717, 1.165) is 13.0 Å². The van der Waals surface area contributed by atoms with Crippen LogP contribution in [0.4, 0.5) is 0 Å². The zero-order valence-corrected chi connectivity index (χ0v) is 29.0. The smallest absolute Gasteiger partial charge is 0.237 e. The summed E-state index contributed by atoms with van der Waals surface area (Å²) in [7, 11) is 0. The fourth-order valence-corrected chi connectivity index (χ4v) is 7.19. The first-order valence-electron chi connectivity index (χ1n) is 18.8. The number of benzene rings is 2. The fraction of sp³-hybridized carbons (Fsp3) is 0.643. The topological polar surface area (TPSA) is 8.81 Å². The van der Waals surface area contributed by atoms with Crippen LogP contribution in [0, 0.1) is 0 Å². The molecule has 244 valence electrons. The fourth-order valence-electron chi connectivity index (χ4n) is 7.19. The molecule has 0 saturated heterocycles. The second-order valence-electron chi connectivity index (χ2n) is 13.9. The quantitative estimate of drug-likeness (QED) is 0.0641. The maximum atomic E-state index is 2.54. The molecular weight excluding hydrogens is 532 g/mol. The third-order valence-corrected chi connectivity index (χ3v) is 10.0. The second kappa shape index (κ2) is 22.2. The molecule has 2 aromatic carbocycles. The van der Waals surface area contributed by atoms with E-state index in [0.29, 0.717) is 6.04 Å². The van der Waals surface area contributed by atoms with Crippen molar-refractivity contribution in [3.63, 3.8) is 0 Å². The number of hydrogen-bond donors (Lipinski definition) is 0. The van der Waals surface area contributed by atoms with Crippen molar-refractivity contribution in [1.29, 1.82) is 0 Å². The molecule has 0 fully saturated rings. The van der Waals surface area contributed by atoms with Gasteiger partial charge < -0.3 is 0 Å². The summed E-state index contributed by atoms with van der Waals surface area (Å²) in [5.74, 6) is 0. The zero-order chi connectivity index (χ0) is 31.1. The molecule has 0 aliphatic heterocycles. The molecule has 0 amide bonds. The summed E-state index contributed by atoms with van der Waals surface area (Å²) in [6, 6.07) is 22.8. The van der Waals surface area contributed by atoms with Gasteiger partial charge >= 0.3 is 0 Å². The number of unbranched alkanes of at least 4 members (excludes halogenated alkanes) is 17. The van der Waals surface area contributed by atoms with Crippen molar-refractivity contribution in [2.45, 2.75) is 174 Å². The predicted molar refractivity (Wildman–Crippen MR) is 191 cm³/mol. The molecule has 0 bridgehead atoms. The van der Waals surface area contributed by atoms with E-state index >= 15 is 0 Å². The van der Waals surface area contributed by atoms with Crippen molar-refractivity contribution >= 4 is 0 Å². The normalized spacial score (nSPS) is 13.6. The summed E-state index contributed by atoms with van der Waals surface area (Å²) in [5.41, 5.74) is 2.88. The first-order chi connectivity index (χ1) is 21.7. The lowest BCUT2D eigenvalue weighted by Gasteiger charge is -2.36. The highest BCUT2D eigenvalue weighted by Crippen LogP contribution is 2.41. The van der Waals surface area contributed by atoms with Crippen LogP contribution >= 0.6 is 0 Å². The summed E-state index contributed by atoms with van der Waals surface area (Å²) in [6.45, 7) is 8.25. The third-order valence-electron chi connectivity index (χ3n) is 10.0. The SMILES string of the molecule is CCCCCCCCCCCCCCCCCCC[n+]1ccn(C(CCCC)C(C)(Cc2ccccc2)c2ccccc2)c1. The molecule has 3 rings (SSSR count). The standard InChI is InChI=1S/C42H67N2/c1-4-6-8-9-10-11-12-13-14-15-16-17-18-19-20-21-28-34-43-35-36-44(38-43)41(33-7-5-2)42(3,40-31-26-23-27-32-40)37-39-29-24-22-25-30-39/h22-27,29-32,35-36,38,41H,4-21,28,33-34,37H2,1-3H3/q+1. The molecule has 0 radical (unpaired) electrons. The Balaban J connectivity index is 1.38. The van der Waals surface area contributed by atoms with Crippen LogP contribution in [0.3, 0.4) is 0 Å². The monoisotopic (exact) mass is 600 g/mol. The van der Waals surface area contributed by atoms with Gasteiger partial charge in [-0.2, -0.15) is 0 Å². The van der Waals surface area contributed by atoms with E-state index in [2.05, 4.69) is 109 Å². The molecule has 2 nitrogen and oxygen atoms in total. The van der Waals surface area contributed by atoms with Gasteiger partial charge in [-0.3, -0.25) is 0 Å². The number of aromatic nitrogens is 2. The number of hydrogen-bond acceptors (Lipinski definition) is 0. The lowest BCUT2D eigenvalue weighted by Crippen LogP contribution is -2.38. The molecule has 0 saturated carbocycles. The van der Waals surface area contributed by atoms with Crippen LogP contribution in [-0.4, -0.2) is 4.57 Å². The zero-order valence-electron chi connectivity index (χ0n) is 29.0. The highest BCUT2D eigenvalue weighted by atomic mass is 15.1. The van der Waals surface area contributed by atoms with E-state index in [4.69, 9.17) is 0 Å². The van der Waals surface area contributed by atoms with Gasteiger partial charge in [0.05, 0.1) is 6.54 Å². The van der Waals surface area contributed by atoms with Gasteiger partial charge in [0.25, 0.3) is 0 Å². The Hall–Kier alpha value is -2.35. The van der Waals surface area contributed by atoms with E-state index in [1.807, 2.05) is 0 Å². The lowest BCUT2D eigenvalue weighted by atomic mass is 9.70. The Morgan fingerprint density at radius 2 is 1.07 bits per heavy atom. The molecule has 0 spiro atoms. The van der Waals surface area contributed by atoms with Crippen LogP contribution in [0.2, 0.25) is 0 Å². The Morgan fingerprint density at radius 3 is 1.59 bits per heavy atom. The molecule has 3 aromatic rings. The molecule has 0 aliphatic rings. The number of nitrogens with zero attached hydrogens (tertiary/aromatic N) is 2. The van der Waals surface area contributed by atoms with Gasteiger partial charge in [0, 0.05) is 5.41 Å². The predicted octanol–water partition coefficient (Wildman–Crippen LogP) is 12.4. The molecular formula is C42H67N2+. The molecule has 2 unspecified atom stereocenters. The molecule has 1 heterocycles. The molecule has 2 heteroatoms. The van der Waals surface area contributed by atoms with E-state index in [9.17, 15) is 0 Å². The van der Waals surface area contributed by atoms with Crippen molar-refractivity contribution in [3.8, 4) is 0 Å². The van der Waals surface area contributed by atoms with Crippen molar-refractivity contribution in [3.05, 3.63) is 90.5 Å². The molecule has 1 aromatic heterocycles. The van der Waals surface area contributed by atoms with Gasteiger partial charge in [0.2, 0.25) is 6.33 Å². The van der Waals surface area contributed by atoms with Gasteiger partial charge in [-0.25, -0.2) is 9.13 Å². The maximum Gasteiger partial charge on any atom is 0.244 e. The largest absolute Gasteiger partial charge is 0.244 e. The Morgan fingerprint density at radius 1 is 0.591 bits per heavy atom. The number of imidazole rings is 1. The minimum atomic E-state index is 0.0164. The van der Waals surface area contributed by atoms with Crippen molar-refractivity contribution in [2.75, 3.05) is 0 Å². The van der Waals surface area contributed by atoms with Gasteiger partial charge in [-0.05, 0) is 43.2 Å². The van der Waals surface area contributed by atoms with Gasteiger partial charge in [0.1, 0.15) is 18.4 Å². The Labute approximate surface area is 272 Å². The summed E-state index contributed by atoms with van der Waals surface area (Å²) < 4.78 is 4.98. The highest BCUT2D eigenvalue weighted by Gasteiger charge is 2.40. The van der Waals surface area contributed by atoms with Crippen LogP contribution in [0.15, 0.2) is 79.4 Å². The van der Waals surface area contributed by atoms with Crippen molar-refractivity contribution in [1.82, 2.24) is 4.57 Å². The Bertz CT molecular complexity index is 1070. The van der Waals surface area contributed by atoms with Crippen LogP contribution in [0.5, 0.6) is 0 Å². The third kappa shape index (κ3) is 13.3.